The molecule has 5 heteroatoms. The molecule has 104 valence electrons. The Balaban J connectivity index is 1.69. The van der Waals surface area contributed by atoms with E-state index in [4.69, 9.17) is 9.15 Å². The minimum atomic E-state index is -0.444. The van der Waals surface area contributed by atoms with Gasteiger partial charge in [-0.25, -0.2) is 4.79 Å². The molecule has 3 rings (SSSR count). The summed E-state index contributed by atoms with van der Waals surface area (Å²) in [6.07, 6.45) is 2.40. The molecule has 0 aromatic carbocycles. The lowest BCUT2D eigenvalue weighted by atomic mass is 9.80. The van der Waals surface area contributed by atoms with Crippen LogP contribution >= 0.6 is 0 Å². The van der Waals surface area contributed by atoms with Crippen LogP contribution in [0.4, 0.5) is 4.79 Å². The van der Waals surface area contributed by atoms with Crippen molar-refractivity contribution in [2.45, 2.75) is 38.3 Å². The van der Waals surface area contributed by atoms with Gasteiger partial charge in [-0.3, -0.25) is 0 Å². The zero-order valence-electron chi connectivity index (χ0n) is 11.7. The first-order valence-electron chi connectivity index (χ1n) is 6.69. The van der Waals surface area contributed by atoms with E-state index >= 15 is 0 Å². The van der Waals surface area contributed by atoms with Gasteiger partial charge in [-0.15, -0.1) is 0 Å². The highest BCUT2D eigenvalue weighted by molar-refractivity contribution is 5.70. The van der Waals surface area contributed by atoms with Crippen LogP contribution in [0.5, 0.6) is 0 Å². The summed E-state index contributed by atoms with van der Waals surface area (Å²) in [5.41, 5.74) is 0.622. The van der Waals surface area contributed by atoms with Gasteiger partial charge in [0, 0.05) is 31.6 Å². The van der Waals surface area contributed by atoms with Gasteiger partial charge in [0.05, 0.1) is 11.8 Å². The second-order valence-electron chi connectivity index (χ2n) is 6.35. The lowest BCUT2D eigenvalue weighted by Crippen LogP contribution is -2.69. The number of carbonyl (C=O) groups excluding carboxylic acids is 1. The van der Waals surface area contributed by atoms with E-state index < -0.39 is 5.60 Å². The van der Waals surface area contributed by atoms with Crippen LogP contribution in [0.3, 0.4) is 0 Å². The van der Waals surface area contributed by atoms with Crippen LogP contribution in [0.1, 0.15) is 32.1 Å². The van der Waals surface area contributed by atoms with Crippen LogP contribution in [0.2, 0.25) is 0 Å². The normalized spacial score (nSPS) is 20.9. The van der Waals surface area contributed by atoms with Crippen LogP contribution in [0, 0.1) is 0 Å². The number of hydrogen-bond donors (Lipinski definition) is 1. The predicted molar refractivity (Wildman–Crippen MR) is 69.9 cm³/mol. The van der Waals surface area contributed by atoms with E-state index in [9.17, 15) is 4.79 Å². The van der Waals surface area contributed by atoms with E-state index in [1.54, 1.807) is 11.2 Å². The number of fused-ring (bicyclic) bond motifs is 2. The largest absolute Gasteiger partial charge is 0.469 e. The molecular formula is C14H20N2O3. The maximum Gasteiger partial charge on any atom is 0.410 e. The summed E-state index contributed by atoms with van der Waals surface area (Å²) in [6.45, 7) is 7.83. The predicted octanol–water partition coefficient (Wildman–Crippen LogP) is 1.87. The first kappa shape index (κ1) is 12.5. The van der Waals surface area contributed by atoms with Gasteiger partial charge >= 0.3 is 6.09 Å². The van der Waals surface area contributed by atoms with Crippen molar-refractivity contribution < 1.29 is 13.9 Å². The first-order chi connectivity index (χ1) is 8.90. The molecule has 1 fully saturated rings. The highest BCUT2D eigenvalue weighted by atomic mass is 16.6. The smallest absolute Gasteiger partial charge is 0.410 e. The topological polar surface area (TPSA) is 54.7 Å². The fourth-order valence-electron chi connectivity index (χ4n) is 2.81. The molecule has 0 bridgehead atoms. The van der Waals surface area contributed by atoms with E-state index in [1.807, 2.05) is 26.8 Å². The molecule has 0 atom stereocenters. The quantitative estimate of drug-likeness (QED) is 0.777. The highest BCUT2D eigenvalue weighted by Crippen LogP contribution is 2.37. The highest BCUT2D eigenvalue weighted by Gasteiger charge is 2.50. The maximum absolute atomic E-state index is 12.0. The first-order valence-corrected chi connectivity index (χ1v) is 6.69. The molecule has 1 saturated heterocycles. The average Bonchev–Trinajstić information content (AvgIpc) is 2.70. The van der Waals surface area contributed by atoms with Crippen LogP contribution in [-0.2, 0) is 16.7 Å². The van der Waals surface area contributed by atoms with E-state index in [0.29, 0.717) is 13.1 Å². The third-order valence-electron chi connectivity index (χ3n) is 3.65. The second kappa shape index (κ2) is 4.00. The fraction of sp³-hybridized carbons (Fsp3) is 0.643. The molecule has 2 aliphatic heterocycles. The molecule has 0 radical (unpaired) electrons. The third kappa shape index (κ3) is 2.12. The van der Waals surface area contributed by atoms with Crippen molar-refractivity contribution in [2.24, 2.45) is 0 Å². The Hall–Kier alpha value is -1.49. The lowest BCUT2D eigenvalue weighted by molar-refractivity contribution is -0.0200. The number of nitrogens with one attached hydrogen (secondary N) is 1. The van der Waals surface area contributed by atoms with E-state index in [-0.39, 0.29) is 11.6 Å². The lowest BCUT2D eigenvalue weighted by Gasteiger charge is -2.51. The summed E-state index contributed by atoms with van der Waals surface area (Å²) in [5, 5.41) is 3.51. The number of ether oxygens (including phenoxy) is 1. The zero-order valence-corrected chi connectivity index (χ0v) is 11.7. The van der Waals surface area contributed by atoms with Crippen LogP contribution < -0.4 is 5.32 Å². The Kier molecular flexibility index (Phi) is 2.64. The number of likely N-dealkylation sites (tertiary alicyclic amines) is 1. The molecular weight excluding hydrogens is 244 g/mol. The number of nitrogens with zero attached hydrogens (tertiary/aromatic N) is 1. The Bertz CT molecular complexity index is 495. The Labute approximate surface area is 112 Å². The third-order valence-corrected chi connectivity index (χ3v) is 3.65. The Morgan fingerprint density at radius 3 is 2.89 bits per heavy atom. The van der Waals surface area contributed by atoms with Gasteiger partial charge in [0.25, 0.3) is 0 Å². The van der Waals surface area contributed by atoms with Gasteiger partial charge in [0.1, 0.15) is 11.4 Å². The van der Waals surface area contributed by atoms with E-state index in [1.165, 1.54) is 5.56 Å². The molecule has 0 unspecified atom stereocenters. The summed E-state index contributed by atoms with van der Waals surface area (Å²) >= 11 is 0. The van der Waals surface area contributed by atoms with Crippen molar-refractivity contribution in [3.8, 4) is 0 Å². The Morgan fingerprint density at radius 1 is 1.47 bits per heavy atom. The van der Waals surface area contributed by atoms with Gasteiger partial charge in [0.2, 0.25) is 0 Å². The van der Waals surface area contributed by atoms with Gasteiger partial charge in [0.15, 0.2) is 0 Å². The van der Waals surface area contributed by atoms with Gasteiger partial charge in [-0.1, -0.05) is 0 Å². The summed E-state index contributed by atoms with van der Waals surface area (Å²) in [5.74, 6) is 1.04. The minimum Gasteiger partial charge on any atom is -0.469 e. The van der Waals surface area contributed by atoms with Crippen LogP contribution in [0.15, 0.2) is 16.7 Å². The molecule has 5 nitrogen and oxygen atoms in total. The zero-order chi connectivity index (χ0) is 13.7. The molecule has 1 aromatic heterocycles. The number of hydrogen-bond acceptors (Lipinski definition) is 4. The monoisotopic (exact) mass is 264 g/mol. The molecule has 1 N–H and O–H groups in total. The summed E-state index contributed by atoms with van der Waals surface area (Å²) in [4.78, 5) is 13.7. The number of carbonyl (C=O) groups is 1. The number of amides is 1. The van der Waals surface area contributed by atoms with Gasteiger partial charge in [-0.2, -0.15) is 0 Å². The fourth-order valence-corrected chi connectivity index (χ4v) is 2.81. The van der Waals surface area contributed by atoms with Gasteiger partial charge in [-0.05, 0) is 26.8 Å². The van der Waals surface area contributed by atoms with Gasteiger partial charge < -0.3 is 19.4 Å². The minimum absolute atomic E-state index is 0.127. The molecule has 1 amide bonds. The van der Waals surface area contributed by atoms with Crippen molar-refractivity contribution in [2.75, 3.05) is 19.6 Å². The van der Waals surface area contributed by atoms with Crippen molar-refractivity contribution in [3.63, 3.8) is 0 Å². The van der Waals surface area contributed by atoms with Crippen molar-refractivity contribution in [1.82, 2.24) is 10.2 Å². The van der Waals surface area contributed by atoms with Crippen molar-refractivity contribution in [1.29, 1.82) is 0 Å². The molecule has 0 aliphatic carbocycles. The van der Waals surface area contributed by atoms with Crippen molar-refractivity contribution in [3.05, 3.63) is 23.7 Å². The SMILES string of the molecule is CC(C)(C)OC(=O)N1CC2(C1)NCCc1occc12. The summed E-state index contributed by atoms with van der Waals surface area (Å²) in [7, 11) is 0. The number of rotatable bonds is 0. The average molecular weight is 264 g/mol. The summed E-state index contributed by atoms with van der Waals surface area (Å²) < 4.78 is 10.9. The van der Waals surface area contributed by atoms with E-state index in [2.05, 4.69) is 5.32 Å². The number of furan rings is 1. The van der Waals surface area contributed by atoms with Crippen molar-refractivity contribution >= 4 is 6.09 Å². The molecule has 1 aromatic rings. The van der Waals surface area contributed by atoms with Crippen LogP contribution in [0.25, 0.3) is 0 Å². The summed E-state index contributed by atoms with van der Waals surface area (Å²) in [6, 6.07) is 2.01. The molecule has 2 aliphatic rings. The molecule has 0 saturated carbocycles. The maximum atomic E-state index is 12.0. The molecule has 1 spiro atoms. The Morgan fingerprint density at radius 2 is 2.21 bits per heavy atom. The van der Waals surface area contributed by atoms with Crippen LogP contribution in [-0.4, -0.2) is 36.2 Å². The standard InChI is InChI=1S/C14H20N2O3/c1-13(2,3)19-12(17)16-8-14(9-16)10-5-7-18-11(10)4-6-15-14/h5,7,15H,4,6,8-9H2,1-3H3. The molecule has 19 heavy (non-hydrogen) atoms. The van der Waals surface area contributed by atoms with E-state index in [0.717, 1.165) is 18.7 Å². The molecule has 3 heterocycles. The second-order valence-corrected chi connectivity index (χ2v) is 6.35.